The largest absolute Gasteiger partial charge is 0.324 e. The maximum absolute atomic E-state index is 14.0. The zero-order chi connectivity index (χ0) is 19.6. The van der Waals surface area contributed by atoms with E-state index in [1.807, 2.05) is 0 Å². The first-order valence-corrected chi connectivity index (χ1v) is 9.34. The molecule has 1 N–H and O–H groups in total. The van der Waals surface area contributed by atoms with E-state index in [4.69, 9.17) is 0 Å². The Hall–Kier alpha value is -2.55. The number of aryl methyl sites for hydroxylation is 2. The first kappa shape index (κ1) is 19.8. The molecule has 140 valence electrons. The number of carbonyl (C=O) groups excluding carboxylic acids is 1. The minimum atomic E-state index is -4.13. The van der Waals surface area contributed by atoms with E-state index in [0.717, 1.165) is 23.4 Å². The number of hydrogen-bond donors (Lipinski definition) is 1. The molecule has 1 amide bonds. The van der Waals surface area contributed by atoms with Crippen LogP contribution in [0.2, 0.25) is 0 Å². The number of amides is 1. The molecule has 0 heterocycles. The molecule has 0 saturated heterocycles. The minimum absolute atomic E-state index is 0.383. The number of rotatable bonds is 5. The van der Waals surface area contributed by atoms with Crippen LogP contribution in [0, 0.1) is 31.3 Å². The van der Waals surface area contributed by atoms with Crippen LogP contribution in [0.3, 0.4) is 0 Å². The standard InChI is InChI=1S/C17H17F3N2O3S/c1-10-5-4-6-11(2)17(10)21-14(23)9-22(26(3,24)25)13-8-7-12(18)15(19)16(13)20/h4-8H,9H2,1-3H3,(H,21,23). The Bertz CT molecular complexity index is 942. The molecule has 0 aliphatic rings. The molecule has 0 saturated carbocycles. The fourth-order valence-electron chi connectivity index (χ4n) is 2.41. The summed E-state index contributed by atoms with van der Waals surface area (Å²) in [6.45, 7) is 2.71. The number of anilines is 2. The fourth-order valence-corrected chi connectivity index (χ4v) is 3.26. The molecule has 0 spiro atoms. The topological polar surface area (TPSA) is 66.5 Å². The van der Waals surface area contributed by atoms with Gasteiger partial charge in [-0.25, -0.2) is 21.6 Å². The molecule has 0 radical (unpaired) electrons. The SMILES string of the molecule is Cc1cccc(C)c1NC(=O)CN(c1ccc(F)c(F)c1F)S(C)(=O)=O. The number of benzene rings is 2. The molecule has 5 nitrogen and oxygen atoms in total. The highest BCUT2D eigenvalue weighted by Crippen LogP contribution is 2.26. The highest BCUT2D eigenvalue weighted by molar-refractivity contribution is 7.92. The summed E-state index contributed by atoms with van der Waals surface area (Å²) in [7, 11) is -4.13. The van der Waals surface area contributed by atoms with Gasteiger partial charge in [-0.2, -0.15) is 0 Å². The number of nitrogens with one attached hydrogen (secondary N) is 1. The monoisotopic (exact) mass is 386 g/mol. The molecule has 0 aliphatic heterocycles. The smallest absolute Gasteiger partial charge is 0.245 e. The Morgan fingerprint density at radius 1 is 1.04 bits per heavy atom. The molecule has 0 bridgehead atoms. The summed E-state index contributed by atoms with van der Waals surface area (Å²) in [6.07, 6.45) is 0.736. The summed E-state index contributed by atoms with van der Waals surface area (Å²) in [5.41, 5.74) is 1.26. The maximum Gasteiger partial charge on any atom is 0.245 e. The van der Waals surface area contributed by atoms with Crippen molar-refractivity contribution in [2.24, 2.45) is 0 Å². The van der Waals surface area contributed by atoms with Crippen molar-refractivity contribution in [3.05, 3.63) is 58.9 Å². The molecule has 0 fully saturated rings. The average molecular weight is 386 g/mol. The van der Waals surface area contributed by atoms with Gasteiger partial charge in [-0.3, -0.25) is 9.10 Å². The van der Waals surface area contributed by atoms with Gasteiger partial charge in [-0.1, -0.05) is 18.2 Å². The van der Waals surface area contributed by atoms with Gasteiger partial charge >= 0.3 is 0 Å². The zero-order valence-electron chi connectivity index (χ0n) is 14.3. The van der Waals surface area contributed by atoms with Gasteiger partial charge in [-0.05, 0) is 37.1 Å². The zero-order valence-corrected chi connectivity index (χ0v) is 15.1. The van der Waals surface area contributed by atoms with E-state index >= 15 is 0 Å². The minimum Gasteiger partial charge on any atom is -0.324 e. The average Bonchev–Trinajstić information content (AvgIpc) is 2.54. The highest BCUT2D eigenvalue weighted by atomic mass is 32.2. The predicted octanol–water partition coefficient (Wildman–Crippen LogP) is 3.13. The first-order chi connectivity index (χ1) is 12.0. The lowest BCUT2D eigenvalue weighted by Crippen LogP contribution is -2.38. The molecule has 2 aromatic carbocycles. The van der Waals surface area contributed by atoms with Crippen LogP contribution < -0.4 is 9.62 Å². The van der Waals surface area contributed by atoms with E-state index in [9.17, 15) is 26.4 Å². The molecular weight excluding hydrogens is 369 g/mol. The molecule has 0 aromatic heterocycles. The Labute approximate surface area is 149 Å². The second kappa shape index (κ2) is 7.36. The van der Waals surface area contributed by atoms with Gasteiger partial charge in [0.25, 0.3) is 0 Å². The van der Waals surface area contributed by atoms with Gasteiger partial charge < -0.3 is 5.32 Å². The molecular formula is C17H17F3N2O3S. The van der Waals surface area contributed by atoms with Gasteiger partial charge in [-0.15, -0.1) is 0 Å². The van der Waals surface area contributed by atoms with E-state index in [-0.39, 0.29) is 0 Å². The van der Waals surface area contributed by atoms with Crippen molar-refractivity contribution >= 4 is 27.3 Å². The quantitative estimate of drug-likeness (QED) is 0.803. The second-order valence-electron chi connectivity index (χ2n) is 5.78. The summed E-state index contributed by atoms with van der Waals surface area (Å²) in [4.78, 5) is 12.3. The lowest BCUT2D eigenvalue weighted by Gasteiger charge is -2.23. The lowest BCUT2D eigenvalue weighted by molar-refractivity contribution is -0.114. The van der Waals surface area contributed by atoms with Crippen LogP contribution in [0.15, 0.2) is 30.3 Å². The molecule has 9 heteroatoms. The van der Waals surface area contributed by atoms with E-state index in [1.165, 1.54) is 0 Å². The van der Waals surface area contributed by atoms with Gasteiger partial charge in [0.1, 0.15) is 6.54 Å². The first-order valence-electron chi connectivity index (χ1n) is 7.49. The van der Waals surface area contributed by atoms with Gasteiger partial charge in [0.2, 0.25) is 15.9 Å². The summed E-state index contributed by atoms with van der Waals surface area (Å²) in [6, 6.07) is 6.66. The van der Waals surface area contributed by atoms with Crippen molar-refractivity contribution in [2.75, 3.05) is 22.4 Å². The van der Waals surface area contributed by atoms with E-state index in [2.05, 4.69) is 5.32 Å². The number of carbonyl (C=O) groups is 1. The molecule has 0 aliphatic carbocycles. The van der Waals surface area contributed by atoms with Crippen molar-refractivity contribution in [2.45, 2.75) is 13.8 Å². The Morgan fingerprint density at radius 3 is 2.15 bits per heavy atom. The molecule has 26 heavy (non-hydrogen) atoms. The Balaban J connectivity index is 2.36. The Kier molecular flexibility index (Phi) is 5.60. The van der Waals surface area contributed by atoms with Crippen LogP contribution in [0.25, 0.3) is 0 Å². The molecule has 0 unspecified atom stereocenters. The number of para-hydroxylation sites is 1. The normalized spacial score (nSPS) is 11.3. The van der Waals surface area contributed by atoms with E-state index < -0.39 is 45.6 Å². The summed E-state index contributed by atoms with van der Waals surface area (Å²) in [5.74, 6) is -5.71. The van der Waals surface area contributed by atoms with Crippen LogP contribution in [0.4, 0.5) is 24.5 Å². The molecule has 2 rings (SSSR count). The van der Waals surface area contributed by atoms with Crippen molar-refractivity contribution in [1.82, 2.24) is 0 Å². The third-order valence-electron chi connectivity index (χ3n) is 3.72. The third-order valence-corrected chi connectivity index (χ3v) is 4.84. The third kappa shape index (κ3) is 4.16. The van der Waals surface area contributed by atoms with Crippen molar-refractivity contribution in [1.29, 1.82) is 0 Å². The predicted molar refractivity (Wildman–Crippen MR) is 93.1 cm³/mol. The van der Waals surface area contributed by atoms with Gasteiger partial charge in [0.15, 0.2) is 17.5 Å². The highest BCUT2D eigenvalue weighted by Gasteiger charge is 2.27. The molecule has 0 atom stereocenters. The second-order valence-corrected chi connectivity index (χ2v) is 7.69. The summed E-state index contributed by atoms with van der Waals surface area (Å²) >= 11 is 0. The van der Waals surface area contributed by atoms with Crippen LogP contribution in [0.1, 0.15) is 11.1 Å². The number of sulfonamides is 1. The summed E-state index contributed by atoms with van der Waals surface area (Å²) in [5, 5.41) is 2.56. The van der Waals surface area contributed by atoms with Crippen LogP contribution in [0.5, 0.6) is 0 Å². The number of hydrogen-bond acceptors (Lipinski definition) is 3. The summed E-state index contributed by atoms with van der Waals surface area (Å²) < 4.78 is 64.9. The molecule has 2 aromatic rings. The van der Waals surface area contributed by atoms with E-state index in [1.54, 1.807) is 32.0 Å². The van der Waals surface area contributed by atoms with Gasteiger partial charge in [0.05, 0.1) is 11.9 Å². The van der Waals surface area contributed by atoms with Gasteiger partial charge in [0, 0.05) is 5.69 Å². The maximum atomic E-state index is 14.0. The van der Waals surface area contributed by atoms with Crippen molar-refractivity contribution in [3.63, 3.8) is 0 Å². The van der Waals surface area contributed by atoms with Crippen molar-refractivity contribution in [3.8, 4) is 0 Å². The van der Waals surface area contributed by atoms with E-state index in [0.29, 0.717) is 16.1 Å². The van der Waals surface area contributed by atoms with Crippen LogP contribution in [-0.4, -0.2) is 27.1 Å². The lowest BCUT2D eigenvalue weighted by atomic mass is 10.1. The number of nitrogens with zero attached hydrogens (tertiary/aromatic N) is 1. The van der Waals surface area contributed by atoms with Crippen molar-refractivity contribution < 1.29 is 26.4 Å². The van der Waals surface area contributed by atoms with Crippen LogP contribution >= 0.6 is 0 Å². The fraction of sp³-hybridized carbons (Fsp3) is 0.235. The van der Waals surface area contributed by atoms with Crippen LogP contribution in [-0.2, 0) is 14.8 Å². The number of halogens is 3. The Morgan fingerprint density at radius 2 is 1.62 bits per heavy atom.